The van der Waals surface area contributed by atoms with Crippen LogP contribution in [0.1, 0.15) is 10.4 Å². The van der Waals surface area contributed by atoms with E-state index in [4.69, 9.17) is 10.2 Å². The van der Waals surface area contributed by atoms with Gasteiger partial charge in [-0.15, -0.1) is 0 Å². The lowest BCUT2D eigenvalue weighted by molar-refractivity contribution is 0.0968. The Morgan fingerprint density at radius 3 is 2.56 bits per heavy atom. The molecule has 0 aliphatic carbocycles. The van der Waals surface area contributed by atoms with E-state index in [2.05, 4.69) is 10.6 Å². The van der Waals surface area contributed by atoms with Crippen molar-refractivity contribution in [2.24, 2.45) is 0 Å². The van der Waals surface area contributed by atoms with Crippen LogP contribution in [0.15, 0.2) is 47.1 Å². The monoisotopic (exact) mass is 245 g/mol. The van der Waals surface area contributed by atoms with Gasteiger partial charge >= 0.3 is 6.03 Å². The minimum atomic E-state index is -0.682. The summed E-state index contributed by atoms with van der Waals surface area (Å²) in [7, 11) is 0. The summed E-state index contributed by atoms with van der Waals surface area (Å²) in [6.07, 6.45) is 1.41. The number of hydrogen-bond acceptors (Lipinski definition) is 4. The number of para-hydroxylation sites is 1. The maximum Gasteiger partial charge on any atom is 0.328 e. The summed E-state index contributed by atoms with van der Waals surface area (Å²) in [6, 6.07) is 8.97. The largest absolute Gasteiger partial charge is 0.449 e. The van der Waals surface area contributed by atoms with Crippen molar-refractivity contribution in [2.75, 3.05) is 11.1 Å². The van der Waals surface area contributed by atoms with Crippen molar-refractivity contribution in [3.05, 3.63) is 48.2 Å². The number of anilines is 2. The van der Waals surface area contributed by atoms with Gasteiger partial charge in [0.25, 0.3) is 5.91 Å². The number of carbonyl (C=O) groups excluding carboxylic acids is 2. The molecule has 6 nitrogen and oxygen atoms in total. The van der Waals surface area contributed by atoms with Crippen molar-refractivity contribution in [3.8, 4) is 0 Å². The summed E-state index contributed by atoms with van der Waals surface area (Å²) in [5.74, 6) is -0.321. The van der Waals surface area contributed by atoms with Crippen molar-refractivity contribution in [2.45, 2.75) is 0 Å². The van der Waals surface area contributed by atoms with E-state index in [0.29, 0.717) is 5.69 Å². The molecule has 0 radical (unpaired) electrons. The smallest absolute Gasteiger partial charge is 0.328 e. The number of amides is 3. The Morgan fingerprint density at radius 2 is 1.89 bits per heavy atom. The summed E-state index contributed by atoms with van der Waals surface area (Å²) in [5, 5.41) is 4.51. The number of carbonyl (C=O) groups is 2. The molecule has 3 amide bonds. The second-order valence-electron chi connectivity index (χ2n) is 3.47. The van der Waals surface area contributed by atoms with Crippen LogP contribution in [0.2, 0.25) is 0 Å². The van der Waals surface area contributed by atoms with E-state index >= 15 is 0 Å². The molecule has 0 saturated carbocycles. The zero-order valence-electron chi connectivity index (χ0n) is 9.34. The Bertz CT molecular complexity index is 564. The Balaban J connectivity index is 2.00. The normalized spacial score (nSPS) is 9.78. The van der Waals surface area contributed by atoms with Gasteiger partial charge in [0, 0.05) is 11.8 Å². The number of benzene rings is 1. The van der Waals surface area contributed by atoms with Crippen molar-refractivity contribution in [1.29, 1.82) is 0 Å². The summed E-state index contributed by atoms with van der Waals surface area (Å²) >= 11 is 0. The molecule has 1 aromatic heterocycles. The molecule has 0 bridgehead atoms. The highest BCUT2D eigenvalue weighted by atomic mass is 16.3. The highest BCUT2D eigenvalue weighted by Crippen LogP contribution is 2.10. The predicted octanol–water partition coefficient (Wildman–Crippen LogP) is 1.82. The van der Waals surface area contributed by atoms with Gasteiger partial charge in [0.15, 0.2) is 0 Å². The Hall–Kier alpha value is -2.76. The van der Waals surface area contributed by atoms with Gasteiger partial charge in [-0.2, -0.15) is 0 Å². The maximum absolute atomic E-state index is 11.7. The topological polar surface area (TPSA) is 97.4 Å². The molecule has 0 atom stereocenters. The molecule has 2 rings (SSSR count). The minimum Gasteiger partial charge on any atom is -0.449 e. The first kappa shape index (κ1) is 11.7. The molecular formula is C12H11N3O3. The second kappa shape index (κ2) is 5.05. The van der Waals surface area contributed by atoms with Crippen LogP contribution >= 0.6 is 0 Å². The Labute approximate surface area is 103 Å². The second-order valence-corrected chi connectivity index (χ2v) is 3.47. The summed E-state index contributed by atoms with van der Waals surface area (Å²) < 4.78 is 4.91. The van der Waals surface area contributed by atoms with E-state index in [1.54, 1.807) is 30.3 Å². The van der Waals surface area contributed by atoms with E-state index in [1.807, 2.05) is 0 Å². The lowest BCUT2D eigenvalue weighted by Crippen LogP contribution is -2.34. The predicted molar refractivity (Wildman–Crippen MR) is 66.0 cm³/mol. The van der Waals surface area contributed by atoms with E-state index in [9.17, 15) is 9.59 Å². The molecule has 92 valence electrons. The van der Waals surface area contributed by atoms with Crippen LogP contribution in [0.25, 0.3) is 0 Å². The zero-order valence-corrected chi connectivity index (χ0v) is 9.34. The first-order valence-electron chi connectivity index (χ1n) is 5.17. The third-order valence-electron chi connectivity index (χ3n) is 2.19. The molecule has 0 saturated heterocycles. The van der Waals surface area contributed by atoms with Gasteiger partial charge in [-0.05, 0) is 18.2 Å². The molecule has 0 spiro atoms. The third-order valence-corrected chi connectivity index (χ3v) is 2.19. The number of hydrogen-bond donors (Lipinski definition) is 3. The average molecular weight is 245 g/mol. The standard InChI is InChI=1S/C12H11N3O3/c13-9-5-2-1-4-8(9)11(16)15-12(17)14-10-6-3-7-18-10/h1-7H,13H2,(H2,14,15,16,17). The fourth-order valence-electron chi connectivity index (χ4n) is 1.37. The molecule has 1 aromatic carbocycles. The number of rotatable bonds is 2. The maximum atomic E-state index is 11.7. The molecule has 0 aliphatic heterocycles. The highest BCUT2D eigenvalue weighted by molar-refractivity contribution is 6.09. The van der Waals surface area contributed by atoms with Crippen LogP contribution in [0, 0.1) is 0 Å². The van der Waals surface area contributed by atoms with E-state index in [1.165, 1.54) is 12.3 Å². The van der Waals surface area contributed by atoms with Gasteiger partial charge < -0.3 is 10.2 Å². The first-order chi connectivity index (χ1) is 8.66. The van der Waals surface area contributed by atoms with E-state index in [-0.39, 0.29) is 11.4 Å². The van der Waals surface area contributed by atoms with Crippen LogP contribution in [0.4, 0.5) is 16.4 Å². The number of nitrogens with one attached hydrogen (secondary N) is 2. The quantitative estimate of drug-likeness (QED) is 0.703. The van der Waals surface area contributed by atoms with Gasteiger partial charge in [-0.25, -0.2) is 4.79 Å². The van der Waals surface area contributed by atoms with Gasteiger partial charge in [0.2, 0.25) is 5.88 Å². The fraction of sp³-hybridized carbons (Fsp3) is 0. The molecule has 2 aromatic rings. The van der Waals surface area contributed by atoms with Crippen molar-refractivity contribution >= 4 is 23.5 Å². The number of urea groups is 1. The van der Waals surface area contributed by atoms with Crippen molar-refractivity contribution in [3.63, 3.8) is 0 Å². The highest BCUT2D eigenvalue weighted by Gasteiger charge is 2.13. The number of nitrogens with two attached hydrogens (primary N) is 1. The van der Waals surface area contributed by atoms with Gasteiger partial charge in [-0.3, -0.25) is 15.4 Å². The van der Waals surface area contributed by atoms with Gasteiger partial charge in [0.05, 0.1) is 11.8 Å². The molecule has 1 heterocycles. The summed E-state index contributed by atoms with van der Waals surface area (Å²) in [5.41, 5.74) is 6.17. The molecule has 18 heavy (non-hydrogen) atoms. The molecule has 6 heteroatoms. The average Bonchev–Trinajstić information content (AvgIpc) is 2.82. The first-order valence-corrected chi connectivity index (χ1v) is 5.17. The third kappa shape index (κ3) is 2.67. The fourth-order valence-corrected chi connectivity index (χ4v) is 1.37. The lowest BCUT2D eigenvalue weighted by Gasteiger charge is -2.06. The molecule has 0 unspecified atom stereocenters. The van der Waals surface area contributed by atoms with Crippen molar-refractivity contribution in [1.82, 2.24) is 5.32 Å². The van der Waals surface area contributed by atoms with Crippen LogP contribution in [0.5, 0.6) is 0 Å². The van der Waals surface area contributed by atoms with Crippen LogP contribution < -0.4 is 16.4 Å². The van der Waals surface area contributed by atoms with Crippen molar-refractivity contribution < 1.29 is 14.0 Å². The summed E-state index contributed by atoms with van der Waals surface area (Å²) in [4.78, 5) is 23.2. The number of furan rings is 1. The van der Waals surface area contributed by atoms with Gasteiger partial charge in [-0.1, -0.05) is 12.1 Å². The lowest BCUT2D eigenvalue weighted by atomic mass is 10.2. The van der Waals surface area contributed by atoms with Crippen LogP contribution in [-0.4, -0.2) is 11.9 Å². The SMILES string of the molecule is Nc1ccccc1C(=O)NC(=O)Nc1ccco1. The number of imide groups is 1. The molecule has 0 fully saturated rings. The zero-order chi connectivity index (χ0) is 13.0. The van der Waals surface area contributed by atoms with E-state index < -0.39 is 11.9 Å². The van der Waals surface area contributed by atoms with Gasteiger partial charge in [0.1, 0.15) is 0 Å². The number of nitrogen functional groups attached to an aromatic ring is 1. The minimum absolute atomic E-state index is 0.243. The van der Waals surface area contributed by atoms with E-state index in [0.717, 1.165) is 0 Å². The van der Waals surface area contributed by atoms with Crippen LogP contribution in [-0.2, 0) is 0 Å². The molecule has 4 N–H and O–H groups in total. The Morgan fingerprint density at radius 1 is 1.11 bits per heavy atom. The summed E-state index contributed by atoms with van der Waals surface area (Å²) in [6.45, 7) is 0. The Kier molecular flexibility index (Phi) is 3.29. The van der Waals surface area contributed by atoms with Crippen LogP contribution in [0.3, 0.4) is 0 Å². The molecule has 0 aliphatic rings. The molecular weight excluding hydrogens is 234 g/mol.